The summed E-state index contributed by atoms with van der Waals surface area (Å²) in [5, 5.41) is 2.92. The smallest absolute Gasteiger partial charge is 0.251 e. The molecule has 0 aliphatic heterocycles. The van der Waals surface area contributed by atoms with Gasteiger partial charge >= 0.3 is 0 Å². The van der Waals surface area contributed by atoms with Crippen molar-refractivity contribution in [3.8, 4) is 0 Å². The summed E-state index contributed by atoms with van der Waals surface area (Å²) in [6.45, 7) is 0.527. The van der Waals surface area contributed by atoms with Crippen LogP contribution in [0.4, 0.5) is 5.69 Å². The molecule has 20 heavy (non-hydrogen) atoms. The van der Waals surface area contributed by atoms with Gasteiger partial charge in [0.15, 0.2) is 0 Å². The van der Waals surface area contributed by atoms with E-state index in [9.17, 15) is 4.79 Å². The topological polar surface area (TPSA) is 32.3 Å². The molecule has 0 aliphatic rings. The van der Waals surface area contributed by atoms with Crippen molar-refractivity contribution in [1.82, 2.24) is 5.32 Å². The number of amides is 1. The molecule has 0 spiro atoms. The van der Waals surface area contributed by atoms with E-state index in [2.05, 4.69) is 21.2 Å². The van der Waals surface area contributed by atoms with Crippen molar-refractivity contribution in [1.29, 1.82) is 0 Å². The Hall–Kier alpha value is -1.81. The summed E-state index contributed by atoms with van der Waals surface area (Å²) in [5.41, 5.74) is 2.88. The van der Waals surface area contributed by atoms with Crippen molar-refractivity contribution in [2.45, 2.75) is 6.54 Å². The molecule has 0 heterocycles. The minimum Gasteiger partial charge on any atom is -0.378 e. The third kappa shape index (κ3) is 3.84. The molecule has 104 valence electrons. The molecule has 0 fully saturated rings. The van der Waals surface area contributed by atoms with Gasteiger partial charge < -0.3 is 10.2 Å². The number of hydrogen-bond donors (Lipinski definition) is 1. The van der Waals surface area contributed by atoms with E-state index in [0.29, 0.717) is 12.1 Å². The zero-order valence-electron chi connectivity index (χ0n) is 11.6. The highest BCUT2D eigenvalue weighted by atomic mass is 79.9. The predicted octanol–water partition coefficient (Wildman–Crippen LogP) is 3.45. The Balaban J connectivity index is 1.96. The molecule has 1 amide bonds. The van der Waals surface area contributed by atoms with Crippen LogP contribution in [0.3, 0.4) is 0 Å². The summed E-state index contributed by atoms with van der Waals surface area (Å²) in [6.07, 6.45) is 0. The largest absolute Gasteiger partial charge is 0.378 e. The predicted molar refractivity (Wildman–Crippen MR) is 86.1 cm³/mol. The summed E-state index contributed by atoms with van der Waals surface area (Å²) in [6, 6.07) is 15.5. The fraction of sp³-hybridized carbons (Fsp3) is 0.188. The van der Waals surface area contributed by atoms with Crippen molar-refractivity contribution >= 4 is 27.5 Å². The SMILES string of the molecule is CN(C)c1ccc(CNC(=O)c2cccc(Br)c2)cc1. The van der Waals surface area contributed by atoms with E-state index in [1.807, 2.05) is 61.5 Å². The molecule has 0 aromatic heterocycles. The van der Waals surface area contributed by atoms with Crippen LogP contribution in [0.15, 0.2) is 53.0 Å². The number of benzene rings is 2. The zero-order chi connectivity index (χ0) is 14.5. The molecule has 0 aliphatic carbocycles. The van der Waals surface area contributed by atoms with Gasteiger partial charge in [-0.2, -0.15) is 0 Å². The molecule has 4 heteroatoms. The number of nitrogens with one attached hydrogen (secondary N) is 1. The van der Waals surface area contributed by atoms with Crippen LogP contribution in [-0.4, -0.2) is 20.0 Å². The van der Waals surface area contributed by atoms with E-state index >= 15 is 0 Å². The van der Waals surface area contributed by atoms with Gasteiger partial charge in [-0.1, -0.05) is 34.1 Å². The number of anilines is 1. The first-order valence-corrected chi connectivity index (χ1v) is 7.15. The number of carbonyl (C=O) groups excluding carboxylic acids is 1. The van der Waals surface area contributed by atoms with Gasteiger partial charge in [-0.25, -0.2) is 0 Å². The molecular formula is C16H17BrN2O. The van der Waals surface area contributed by atoms with E-state index in [0.717, 1.165) is 15.7 Å². The molecule has 0 bridgehead atoms. The minimum atomic E-state index is -0.0667. The highest BCUT2D eigenvalue weighted by Gasteiger charge is 2.05. The van der Waals surface area contributed by atoms with Crippen molar-refractivity contribution in [2.75, 3.05) is 19.0 Å². The first-order chi connectivity index (χ1) is 9.56. The fourth-order valence-corrected chi connectivity index (χ4v) is 2.23. The van der Waals surface area contributed by atoms with Crippen LogP contribution in [0.5, 0.6) is 0 Å². The average molecular weight is 333 g/mol. The van der Waals surface area contributed by atoms with E-state index in [4.69, 9.17) is 0 Å². The second kappa shape index (κ2) is 6.57. The summed E-state index contributed by atoms with van der Waals surface area (Å²) in [7, 11) is 4.01. The maximum atomic E-state index is 12.0. The Morgan fingerprint density at radius 1 is 1.15 bits per heavy atom. The van der Waals surface area contributed by atoms with E-state index in [1.54, 1.807) is 6.07 Å². The number of rotatable bonds is 4. The lowest BCUT2D eigenvalue weighted by molar-refractivity contribution is 0.0951. The summed E-state index contributed by atoms with van der Waals surface area (Å²) in [4.78, 5) is 14.1. The van der Waals surface area contributed by atoms with Gasteiger partial charge in [0.2, 0.25) is 0 Å². The average Bonchev–Trinajstić information content (AvgIpc) is 2.45. The lowest BCUT2D eigenvalue weighted by Gasteiger charge is -2.13. The summed E-state index contributed by atoms with van der Waals surface area (Å²) < 4.78 is 0.903. The van der Waals surface area contributed by atoms with Crippen LogP contribution in [-0.2, 0) is 6.54 Å². The molecule has 2 rings (SSSR count). The van der Waals surface area contributed by atoms with Crippen molar-refractivity contribution in [2.24, 2.45) is 0 Å². The first kappa shape index (κ1) is 14.6. The summed E-state index contributed by atoms with van der Waals surface area (Å²) >= 11 is 3.36. The standard InChI is InChI=1S/C16H17BrN2O/c1-19(2)15-8-6-12(7-9-15)11-18-16(20)13-4-3-5-14(17)10-13/h3-10H,11H2,1-2H3,(H,18,20). The molecule has 0 saturated heterocycles. The molecule has 3 nitrogen and oxygen atoms in total. The monoisotopic (exact) mass is 332 g/mol. The van der Waals surface area contributed by atoms with E-state index in [1.165, 1.54) is 0 Å². The lowest BCUT2D eigenvalue weighted by Crippen LogP contribution is -2.22. The van der Waals surface area contributed by atoms with Gasteiger partial charge in [-0.3, -0.25) is 4.79 Å². The van der Waals surface area contributed by atoms with Crippen molar-refractivity contribution < 1.29 is 4.79 Å². The summed E-state index contributed by atoms with van der Waals surface area (Å²) in [5.74, 6) is -0.0667. The molecule has 2 aromatic carbocycles. The Morgan fingerprint density at radius 3 is 2.45 bits per heavy atom. The molecule has 0 unspecified atom stereocenters. The van der Waals surface area contributed by atoms with E-state index in [-0.39, 0.29) is 5.91 Å². The molecule has 1 N–H and O–H groups in total. The third-order valence-electron chi connectivity index (χ3n) is 2.99. The number of nitrogens with zero attached hydrogens (tertiary/aromatic N) is 1. The normalized spacial score (nSPS) is 10.2. The van der Waals surface area contributed by atoms with Gasteiger partial charge in [0.25, 0.3) is 5.91 Å². The molecule has 0 atom stereocenters. The molecule has 0 radical (unpaired) electrons. The van der Waals surface area contributed by atoms with Gasteiger partial charge in [-0.05, 0) is 35.9 Å². The second-order valence-corrected chi connectivity index (χ2v) is 5.67. The lowest BCUT2D eigenvalue weighted by atomic mass is 10.2. The van der Waals surface area contributed by atoms with Crippen LogP contribution < -0.4 is 10.2 Å². The highest BCUT2D eigenvalue weighted by molar-refractivity contribution is 9.10. The maximum Gasteiger partial charge on any atom is 0.251 e. The Labute approximate surface area is 127 Å². The Morgan fingerprint density at radius 2 is 1.85 bits per heavy atom. The first-order valence-electron chi connectivity index (χ1n) is 6.36. The van der Waals surface area contributed by atoms with Gasteiger partial charge in [0, 0.05) is 36.4 Å². The minimum absolute atomic E-state index is 0.0667. The number of halogens is 1. The quantitative estimate of drug-likeness (QED) is 0.930. The second-order valence-electron chi connectivity index (χ2n) is 4.75. The fourth-order valence-electron chi connectivity index (χ4n) is 1.83. The van der Waals surface area contributed by atoms with Crippen LogP contribution in [0.1, 0.15) is 15.9 Å². The highest BCUT2D eigenvalue weighted by Crippen LogP contribution is 2.13. The molecule has 0 saturated carbocycles. The van der Waals surface area contributed by atoms with E-state index < -0.39 is 0 Å². The molecular weight excluding hydrogens is 316 g/mol. The third-order valence-corrected chi connectivity index (χ3v) is 3.49. The maximum absolute atomic E-state index is 12.0. The zero-order valence-corrected chi connectivity index (χ0v) is 13.1. The Bertz CT molecular complexity index is 594. The van der Waals surface area contributed by atoms with Crippen LogP contribution in [0.25, 0.3) is 0 Å². The van der Waals surface area contributed by atoms with Crippen LogP contribution in [0, 0.1) is 0 Å². The van der Waals surface area contributed by atoms with Gasteiger partial charge in [0.05, 0.1) is 0 Å². The number of carbonyl (C=O) groups is 1. The van der Waals surface area contributed by atoms with Crippen LogP contribution >= 0.6 is 15.9 Å². The van der Waals surface area contributed by atoms with Crippen molar-refractivity contribution in [3.63, 3.8) is 0 Å². The van der Waals surface area contributed by atoms with Crippen molar-refractivity contribution in [3.05, 3.63) is 64.1 Å². The molecule has 2 aromatic rings. The van der Waals surface area contributed by atoms with Crippen LogP contribution in [0.2, 0.25) is 0 Å². The Kier molecular flexibility index (Phi) is 4.79. The van der Waals surface area contributed by atoms with Gasteiger partial charge in [0.1, 0.15) is 0 Å². The van der Waals surface area contributed by atoms with Gasteiger partial charge in [-0.15, -0.1) is 0 Å². The number of hydrogen-bond acceptors (Lipinski definition) is 2.